The maximum atomic E-state index is 12.9. The molecule has 1 fully saturated rings. The molecular weight excluding hydrogens is 410 g/mol. The summed E-state index contributed by atoms with van der Waals surface area (Å²) in [6.45, 7) is 10.5. The van der Waals surface area contributed by atoms with Gasteiger partial charge >= 0.3 is 6.09 Å². The predicted octanol–water partition coefficient (Wildman–Crippen LogP) is 4.73. The zero-order valence-electron chi connectivity index (χ0n) is 16.5. The maximum Gasteiger partial charge on any atom is 0.410 e. The highest BCUT2D eigenvalue weighted by Gasteiger charge is 2.30. The Morgan fingerprint density at radius 3 is 2.70 bits per heavy atom. The summed E-state index contributed by atoms with van der Waals surface area (Å²) >= 11 is 3.52. The number of amides is 1. The summed E-state index contributed by atoms with van der Waals surface area (Å²) in [6.07, 6.45) is 1.39. The van der Waals surface area contributed by atoms with E-state index in [0.717, 1.165) is 40.7 Å². The minimum Gasteiger partial charge on any atom is -0.444 e. The average molecular weight is 438 g/mol. The lowest BCUT2D eigenvalue weighted by Crippen LogP contribution is -2.45. The fourth-order valence-corrected chi connectivity index (χ4v) is 4.03. The number of benzene rings is 1. The smallest absolute Gasteiger partial charge is 0.410 e. The predicted molar refractivity (Wildman–Crippen MR) is 109 cm³/mol. The van der Waals surface area contributed by atoms with Crippen LogP contribution in [0.3, 0.4) is 0 Å². The molecule has 2 aromatic rings. The molecule has 1 saturated heterocycles. The van der Waals surface area contributed by atoms with E-state index in [-0.39, 0.29) is 12.1 Å². The number of hydrogen-bond donors (Lipinski definition) is 0. The first kappa shape index (κ1) is 20.1. The fourth-order valence-electron chi connectivity index (χ4n) is 3.40. The van der Waals surface area contributed by atoms with Gasteiger partial charge in [0.25, 0.3) is 0 Å². The lowest BCUT2D eigenvalue weighted by Gasteiger charge is -2.35. The zero-order valence-corrected chi connectivity index (χ0v) is 18.1. The highest BCUT2D eigenvalue weighted by atomic mass is 79.9. The standard InChI is InChI=1S/C20H28BrN3O3/c1-5-23-17-7-6-14(12-16(17)22-18(23)21)13-24(15-8-10-26-11-9-15)19(25)27-20(2,3)4/h6-7,12,15H,5,8-11,13H2,1-4H3. The van der Waals surface area contributed by atoms with Crippen molar-refractivity contribution in [2.45, 2.75) is 65.3 Å². The molecule has 1 aromatic heterocycles. The van der Waals surface area contributed by atoms with Crippen LogP contribution in [0.15, 0.2) is 22.9 Å². The number of rotatable bonds is 4. The van der Waals surface area contributed by atoms with Gasteiger partial charge in [-0.3, -0.25) is 0 Å². The molecule has 3 rings (SSSR count). The van der Waals surface area contributed by atoms with Crippen molar-refractivity contribution in [2.24, 2.45) is 0 Å². The Balaban J connectivity index is 1.86. The molecule has 1 aromatic carbocycles. The van der Waals surface area contributed by atoms with Crippen molar-refractivity contribution in [1.29, 1.82) is 0 Å². The number of aromatic nitrogens is 2. The van der Waals surface area contributed by atoms with E-state index in [1.165, 1.54) is 0 Å². The van der Waals surface area contributed by atoms with Gasteiger partial charge in [-0.25, -0.2) is 9.78 Å². The van der Waals surface area contributed by atoms with Crippen molar-refractivity contribution < 1.29 is 14.3 Å². The first-order valence-electron chi connectivity index (χ1n) is 9.50. The van der Waals surface area contributed by atoms with E-state index in [2.05, 4.69) is 50.6 Å². The van der Waals surface area contributed by atoms with Gasteiger partial charge in [0, 0.05) is 32.3 Å². The summed E-state index contributed by atoms with van der Waals surface area (Å²) in [5.41, 5.74) is 2.54. The van der Waals surface area contributed by atoms with Crippen LogP contribution in [0, 0.1) is 0 Å². The summed E-state index contributed by atoms with van der Waals surface area (Å²) in [5, 5.41) is 0. The maximum absolute atomic E-state index is 12.9. The molecule has 7 heteroatoms. The minimum absolute atomic E-state index is 0.129. The molecule has 6 nitrogen and oxygen atoms in total. The zero-order chi connectivity index (χ0) is 19.6. The summed E-state index contributed by atoms with van der Waals surface area (Å²) in [7, 11) is 0. The number of imidazole rings is 1. The summed E-state index contributed by atoms with van der Waals surface area (Å²) < 4.78 is 14.1. The fraction of sp³-hybridized carbons (Fsp3) is 0.600. The minimum atomic E-state index is -0.519. The third kappa shape index (κ3) is 4.82. The number of aryl methyl sites for hydroxylation is 1. The van der Waals surface area contributed by atoms with Crippen molar-refractivity contribution in [3.8, 4) is 0 Å². The number of carbonyl (C=O) groups is 1. The largest absolute Gasteiger partial charge is 0.444 e. The van der Waals surface area contributed by atoms with Crippen LogP contribution in [0.25, 0.3) is 11.0 Å². The second-order valence-corrected chi connectivity index (χ2v) is 8.61. The number of nitrogens with zero attached hydrogens (tertiary/aromatic N) is 3. The summed E-state index contributed by atoms with van der Waals surface area (Å²) in [5.74, 6) is 0. The number of fused-ring (bicyclic) bond motifs is 1. The Bertz CT molecular complexity index is 807. The molecule has 0 atom stereocenters. The molecule has 1 aliphatic rings. The molecule has 27 heavy (non-hydrogen) atoms. The molecular formula is C20H28BrN3O3. The molecule has 0 spiro atoms. The Kier molecular flexibility index (Phi) is 6.11. The van der Waals surface area contributed by atoms with E-state index in [4.69, 9.17) is 9.47 Å². The monoisotopic (exact) mass is 437 g/mol. The number of carbonyl (C=O) groups excluding carboxylic acids is 1. The summed E-state index contributed by atoms with van der Waals surface area (Å²) in [4.78, 5) is 19.3. The van der Waals surface area contributed by atoms with Crippen LogP contribution < -0.4 is 0 Å². The van der Waals surface area contributed by atoms with Crippen molar-refractivity contribution in [1.82, 2.24) is 14.5 Å². The number of halogens is 1. The molecule has 0 saturated carbocycles. The second kappa shape index (κ2) is 8.19. The summed E-state index contributed by atoms with van der Waals surface area (Å²) in [6, 6.07) is 6.33. The van der Waals surface area contributed by atoms with E-state index in [1.54, 1.807) is 0 Å². The van der Waals surface area contributed by atoms with Crippen LogP contribution in [0.5, 0.6) is 0 Å². The average Bonchev–Trinajstić information content (AvgIpc) is 2.93. The SMILES string of the molecule is CCn1c(Br)nc2cc(CN(C(=O)OC(C)(C)C)C3CCOCC3)ccc21. The topological polar surface area (TPSA) is 56.6 Å². The highest BCUT2D eigenvalue weighted by Crippen LogP contribution is 2.25. The number of hydrogen-bond acceptors (Lipinski definition) is 4. The highest BCUT2D eigenvalue weighted by molar-refractivity contribution is 9.10. The van der Waals surface area contributed by atoms with Crippen LogP contribution in [0.2, 0.25) is 0 Å². The Morgan fingerprint density at radius 2 is 2.07 bits per heavy atom. The normalized spacial score (nSPS) is 15.9. The van der Waals surface area contributed by atoms with Gasteiger partial charge in [-0.05, 0) is 74.2 Å². The quantitative estimate of drug-likeness (QED) is 0.693. The van der Waals surface area contributed by atoms with Gasteiger partial charge in [0.15, 0.2) is 4.73 Å². The van der Waals surface area contributed by atoms with Gasteiger partial charge in [-0.1, -0.05) is 6.07 Å². The van der Waals surface area contributed by atoms with Crippen LogP contribution >= 0.6 is 15.9 Å². The van der Waals surface area contributed by atoms with Crippen molar-refractivity contribution in [3.05, 3.63) is 28.5 Å². The molecule has 0 radical (unpaired) electrons. The van der Waals surface area contributed by atoms with Gasteiger partial charge < -0.3 is 18.9 Å². The van der Waals surface area contributed by atoms with Crippen LogP contribution in [0.4, 0.5) is 4.79 Å². The van der Waals surface area contributed by atoms with E-state index in [0.29, 0.717) is 19.8 Å². The lowest BCUT2D eigenvalue weighted by molar-refractivity contribution is -0.00807. The third-order valence-electron chi connectivity index (χ3n) is 4.69. The van der Waals surface area contributed by atoms with Crippen molar-refractivity contribution >= 4 is 33.1 Å². The lowest BCUT2D eigenvalue weighted by atomic mass is 10.1. The molecule has 1 amide bonds. The second-order valence-electron chi connectivity index (χ2n) is 7.90. The van der Waals surface area contributed by atoms with Crippen LogP contribution in [-0.2, 0) is 22.6 Å². The molecule has 148 valence electrons. The van der Waals surface area contributed by atoms with Crippen molar-refractivity contribution in [2.75, 3.05) is 13.2 Å². The Hall–Kier alpha value is -1.60. The van der Waals surface area contributed by atoms with E-state index >= 15 is 0 Å². The molecule has 0 bridgehead atoms. The molecule has 2 heterocycles. The van der Waals surface area contributed by atoms with Gasteiger partial charge in [0.1, 0.15) is 5.60 Å². The van der Waals surface area contributed by atoms with Gasteiger partial charge in [0.2, 0.25) is 0 Å². The molecule has 1 aliphatic heterocycles. The van der Waals surface area contributed by atoms with Gasteiger partial charge in [-0.15, -0.1) is 0 Å². The first-order chi connectivity index (χ1) is 12.8. The molecule has 0 unspecified atom stereocenters. The third-order valence-corrected chi connectivity index (χ3v) is 5.30. The Morgan fingerprint density at radius 1 is 1.37 bits per heavy atom. The van der Waals surface area contributed by atoms with Gasteiger partial charge in [-0.2, -0.15) is 0 Å². The molecule has 0 N–H and O–H groups in total. The molecule has 0 aliphatic carbocycles. The van der Waals surface area contributed by atoms with E-state index in [9.17, 15) is 4.79 Å². The van der Waals surface area contributed by atoms with Gasteiger partial charge in [0.05, 0.1) is 11.0 Å². The van der Waals surface area contributed by atoms with Crippen molar-refractivity contribution in [3.63, 3.8) is 0 Å². The van der Waals surface area contributed by atoms with Crippen LogP contribution in [-0.4, -0.2) is 45.4 Å². The Labute approximate surface area is 169 Å². The van der Waals surface area contributed by atoms with E-state index < -0.39 is 5.60 Å². The van der Waals surface area contributed by atoms with E-state index in [1.807, 2.05) is 25.7 Å². The number of ether oxygens (including phenoxy) is 2. The van der Waals surface area contributed by atoms with Crippen LogP contribution in [0.1, 0.15) is 46.1 Å². The first-order valence-corrected chi connectivity index (χ1v) is 10.3.